The van der Waals surface area contributed by atoms with E-state index in [0.717, 1.165) is 24.0 Å². The molecule has 0 radical (unpaired) electrons. The van der Waals surface area contributed by atoms with E-state index in [-0.39, 0.29) is 17.9 Å². The molecule has 0 saturated carbocycles. The molecule has 1 atom stereocenters. The first-order chi connectivity index (χ1) is 10.6. The fourth-order valence-electron chi connectivity index (χ4n) is 3.07. The van der Waals surface area contributed by atoms with E-state index in [1.807, 2.05) is 41.0 Å². The molecule has 1 unspecified atom stereocenters. The summed E-state index contributed by atoms with van der Waals surface area (Å²) in [5.74, 6) is 0.132. The Morgan fingerprint density at radius 3 is 2.50 bits per heavy atom. The van der Waals surface area contributed by atoms with E-state index >= 15 is 0 Å². The summed E-state index contributed by atoms with van der Waals surface area (Å²) in [6, 6.07) is 7.64. The largest absolute Gasteiger partial charge is 0.368 e. The van der Waals surface area contributed by atoms with Crippen LogP contribution in [-0.4, -0.2) is 60.5 Å². The van der Waals surface area contributed by atoms with Gasteiger partial charge in [0.25, 0.3) is 11.8 Å². The molecule has 5 nitrogen and oxygen atoms in total. The van der Waals surface area contributed by atoms with E-state index in [9.17, 15) is 9.59 Å². The summed E-state index contributed by atoms with van der Waals surface area (Å²) in [6.45, 7) is 5.03. The van der Waals surface area contributed by atoms with E-state index in [4.69, 9.17) is 4.74 Å². The normalized spacial score (nSPS) is 22.0. The second-order valence-corrected chi connectivity index (χ2v) is 5.99. The van der Waals surface area contributed by atoms with Crippen LogP contribution in [0.15, 0.2) is 24.3 Å². The van der Waals surface area contributed by atoms with Crippen molar-refractivity contribution < 1.29 is 14.3 Å². The Hall–Kier alpha value is -1.88. The first-order valence-electron chi connectivity index (χ1n) is 7.91. The molecule has 3 rings (SSSR count). The number of benzene rings is 1. The molecule has 2 aliphatic heterocycles. The molecule has 1 aromatic carbocycles. The molecule has 2 heterocycles. The third-order valence-electron chi connectivity index (χ3n) is 4.35. The van der Waals surface area contributed by atoms with Gasteiger partial charge in [0, 0.05) is 38.3 Å². The quantitative estimate of drug-likeness (QED) is 0.831. The number of aryl methyl sites for hydroxylation is 1. The molecule has 2 saturated heterocycles. The highest BCUT2D eigenvalue weighted by molar-refractivity contribution is 5.94. The van der Waals surface area contributed by atoms with Crippen LogP contribution in [0.1, 0.15) is 28.8 Å². The molecular weight excluding hydrogens is 280 g/mol. The summed E-state index contributed by atoms with van der Waals surface area (Å²) in [5.41, 5.74) is 1.80. The minimum Gasteiger partial charge on any atom is -0.368 e. The summed E-state index contributed by atoms with van der Waals surface area (Å²) in [5, 5.41) is 0. The third kappa shape index (κ3) is 3.14. The lowest BCUT2D eigenvalue weighted by atomic mass is 10.1. The monoisotopic (exact) mass is 302 g/mol. The molecule has 0 bridgehead atoms. The van der Waals surface area contributed by atoms with Crippen LogP contribution in [0.2, 0.25) is 0 Å². The van der Waals surface area contributed by atoms with Crippen LogP contribution in [-0.2, 0) is 9.53 Å². The van der Waals surface area contributed by atoms with Gasteiger partial charge in [-0.2, -0.15) is 0 Å². The molecular formula is C17H22N2O3. The molecule has 0 aromatic heterocycles. The van der Waals surface area contributed by atoms with Crippen molar-refractivity contribution in [3.05, 3.63) is 35.4 Å². The molecule has 1 aromatic rings. The van der Waals surface area contributed by atoms with Gasteiger partial charge in [0.15, 0.2) is 0 Å². The van der Waals surface area contributed by atoms with Gasteiger partial charge in [0.05, 0.1) is 0 Å². The lowest BCUT2D eigenvalue weighted by molar-refractivity contribution is -0.142. The van der Waals surface area contributed by atoms with Gasteiger partial charge >= 0.3 is 0 Å². The Bertz CT molecular complexity index is 559. The van der Waals surface area contributed by atoms with Crippen LogP contribution in [0.3, 0.4) is 0 Å². The zero-order valence-corrected chi connectivity index (χ0v) is 13.0. The average molecular weight is 302 g/mol. The molecule has 118 valence electrons. The third-order valence-corrected chi connectivity index (χ3v) is 4.35. The van der Waals surface area contributed by atoms with Gasteiger partial charge in [-0.3, -0.25) is 9.59 Å². The summed E-state index contributed by atoms with van der Waals surface area (Å²) in [7, 11) is 0. The first kappa shape index (κ1) is 15.0. The Labute approximate surface area is 130 Å². The van der Waals surface area contributed by atoms with Crippen LogP contribution >= 0.6 is 0 Å². The molecule has 2 amide bonds. The van der Waals surface area contributed by atoms with Gasteiger partial charge in [-0.25, -0.2) is 0 Å². The number of amides is 2. The van der Waals surface area contributed by atoms with Gasteiger partial charge in [-0.05, 0) is 31.9 Å². The minimum atomic E-state index is -0.265. The van der Waals surface area contributed by atoms with Gasteiger partial charge < -0.3 is 14.5 Å². The molecule has 22 heavy (non-hydrogen) atoms. The topological polar surface area (TPSA) is 49.9 Å². The SMILES string of the molecule is Cc1cccc(C(=O)N2CCN(C(=O)C3CCCO3)CC2)c1. The van der Waals surface area contributed by atoms with Crippen LogP contribution in [0.25, 0.3) is 0 Å². The number of carbonyl (C=O) groups is 2. The highest BCUT2D eigenvalue weighted by Crippen LogP contribution is 2.17. The lowest BCUT2D eigenvalue weighted by Crippen LogP contribution is -2.52. The molecule has 0 N–H and O–H groups in total. The summed E-state index contributed by atoms with van der Waals surface area (Å²) < 4.78 is 5.45. The second kappa shape index (κ2) is 6.48. The Morgan fingerprint density at radius 2 is 1.86 bits per heavy atom. The van der Waals surface area contributed by atoms with Crippen LogP contribution in [0, 0.1) is 6.92 Å². The van der Waals surface area contributed by atoms with E-state index in [0.29, 0.717) is 32.8 Å². The minimum absolute atomic E-state index is 0.0490. The number of carbonyl (C=O) groups excluding carboxylic acids is 2. The Balaban J connectivity index is 1.57. The van der Waals surface area contributed by atoms with E-state index in [1.54, 1.807) is 0 Å². The Kier molecular flexibility index (Phi) is 4.43. The molecule has 2 aliphatic rings. The second-order valence-electron chi connectivity index (χ2n) is 5.99. The lowest BCUT2D eigenvalue weighted by Gasteiger charge is -2.35. The number of hydrogen-bond acceptors (Lipinski definition) is 3. The van der Waals surface area contributed by atoms with Crippen LogP contribution in [0.5, 0.6) is 0 Å². The first-order valence-corrected chi connectivity index (χ1v) is 7.91. The van der Waals surface area contributed by atoms with Crippen molar-refractivity contribution in [1.82, 2.24) is 9.80 Å². The van der Waals surface area contributed by atoms with E-state index in [1.165, 1.54) is 0 Å². The highest BCUT2D eigenvalue weighted by Gasteiger charge is 2.31. The molecule has 5 heteroatoms. The number of rotatable bonds is 2. The molecule has 0 spiro atoms. The van der Waals surface area contributed by atoms with Crippen molar-refractivity contribution in [1.29, 1.82) is 0 Å². The summed E-state index contributed by atoms with van der Waals surface area (Å²) in [6.07, 6.45) is 1.52. The van der Waals surface area contributed by atoms with Crippen molar-refractivity contribution in [2.45, 2.75) is 25.9 Å². The fourth-order valence-corrected chi connectivity index (χ4v) is 3.07. The number of hydrogen-bond donors (Lipinski definition) is 0. The smallest absolute Gasteiger partial charge is 0.253 e. The zero-order chi connectivity index (χ0) is 15.5. The summed E-state index contributed by atoms with van der Waals surface area (Å²) in [4.78, 5) is 28.4. The maximum atomic E-state index is 12.5. The summed E-state index contributed by atoms with van der Waals surface area (Å²) >= 11 is 0. The van der Waals surface area contributed by atoms with Crippen LogP contribution in [0.4, 0.5) is 0 Å². The number of piperazine rings is 1. The fraction of sp³-hybridized carbons (Fsp3) is 0.529. The van der Waals surface area contributed by atoms with Gasteiger partial charge in [-0.15, -0.1) is 0 Å². The molecule has 2 fully saturated rings. The van der Waals surface area contributed by atoms with Crippen molar-refractivity contribution in [2.24, 2.45) is 0 Å². The Morgan fingerprint density at radius 1 is 1.14 bits per heavy atom. The number of nitrogens with zero attached hydrogens (tertiary/aromatic N) is 2. The predicted octanol–water partition coefficient (Wildman–Crippen LogP) is 1.46. The zero-order valence-electron chi connectivity index (χ0n) is 13.0. The van der Waals surface area contributed by atoms with Crippen molar-refractivity contribution >= 4 is 11.8 Å². The van der Waals surface area contributed by atoms with Crippen molar-refractivity contribution in [2.75, 3.05) is 32.8 Å². The highest BCUT2D eigenvalue weighted by atomic mass is 16.5. The maximum absolute atomic E-state index is 12.5. The van der Waals surface area contributed by atoms with Crippen molar-refractivity contribution in [3.8, 4) is 0 Å². The van der Waals surface area contributed by atoms with E-state index < -0.39 is 0 Å². The molecule has 0 aliphatic carbocycles. The van der Waals surface area contributed by atoms with Crippen molar-refractivity contribution in [3.63, 3.8) is 0 Å². The van der Waals surface area contributed by atoms with E-state index in [2.05, 4.69) is 0 Å². The van der Waals surface area contributed by atoms with Gasteiger partial charge in [0.1, 0.15) is 6.10 Å². The van der Waals surface area contributed by atoms with Crippen LogP contribution < -0.4 is 0 Å². The van der Waals surface area contributed by atoms with Gasteiger partial charge in [-0.1, -0.05) is 17.7 Å². The maximum Gasteiger partial charge on any atom is 0.253 e. The standard InChI is InChI=1S/C17H22N2O3/c1-13-4-2-5-14(12-13)16(20)18-7-9-19(10-8-18)17(21)15-6-3-11-22-15/h2,4-5,12,15H,3,6-11H2,1H3. The predicted molar refractivity (Wildman–Crippen MR) is 82.6 cm³/mol. The number of ether oxygens (including phenoxy) is 1. The van der Waals surface area contributed by atoms with Gasteiger partial charge in [0.2, 0.25) is 0 Å². The average Bonchev–Trinajstić information content (AvgIpc) is 3.08.